The van der Waals surface area contributed by atoms with Crippen molar-refractivity contribution in [1.82, 2.24) is 0 Å². The van der Waals surface area contributed by atoms with Gasteiger partial charge in [-0.2, -0.15) is 0 Å². The lowest BCUT2D eigenvalue weighted by Gasteiger charge is -2.06. The number of carboxylic acid groups (broad SMARTS) is 2. The van der Waals surface area contributed by atoms with Gasteiger partial charge in [-0.15, -0.1) is 12.6 Å². The van der Waals surface area contributed by atoms with Crippen molar-refractivity contribution >= 4 is 24.6 Å². The highest BCUT2D eigenvalue weighted by Crippen LogP contribution is 2.22. The second-order valence-electron chi connectivity index (χ2n) is 2.76. The zero-order valence-corrected chi connectivity index (χ0v) is 8.21. The predicted octanol–water partition coefficient (Wildman–Crippen LogP) is 1.68. The molecule has 0 saturated carbocycles. The van der Waals surface area contributed by atoms with Crippen LogP contribution in [0.1, 0.15) is 26.3 Å². The summed E-state index contributed by atoms with van der Waals surface area (Å²) in [6, 6.07) is 2.79. The minimum Gasteiger partial charge on any atom is -0.478 e. The molecule has 1 aromatic rings. The van der Waals surface area contributed by atoms with Crippen LogP contribution >= 0.6 is 12.6 Å². The quantitative estimate of drug-likeness (QED) is 0.652. The molecule has 0 atom stereocenters. The van der Waals surface area contributed by atoms with Gasteiger partial charge in [-0.05, 0) is 18.6 Å². The number of rotatable bonds is 2. The first-order valence-electron chi connectivity index (χ1n) is 3.74. The molecule has 0 aliphatic heterocycles. The van der Waals surface area contributed by atoms with Gasteiger partial charge in [-0.3, -0.25) is 0 Å². The topological polar surface area (TPSA) is 74.6 Å². The first kappa shape index (κ1) is 10.6. The number of carbonyl (C=O) groups is 2. The number of benzene rings is 1. The van der Waals surface area contributed by atoms with Crippen LogP contribution in [0.25, 0.3) is 0 Å². The fraction of sp³-hybridized carbons (Fsp3) is 0.111. The van der Waals surface area contributed by atoms with Crippen LogP contribution in [-0.4, -0.2) is 22.2 Å². The van der Waals surface area contributed by atoms with E-state index in [-0.39, 0.29) is 16.0 Å². The number of hydrogen-bond donors (Lipinski definition) is 3. The van der Waals surface area contributed by atoms with E-state index in [0.717, 1.165) is 0 Å². The SMILES string of the molecule is Cc1ccc(C(=O)O)c(C(=O)O)c1S. The minimum absolute atomic E-state index is 0.192. The normalized spacial score (nSPS) is 9.86. The molecule has 0 radical (unpaired) electrons. The lowest BCUT2D eigenvalue weighted by Crippen LogP contribution is -2.09. The molecule has 1 aromatic carbocycles. The van der Waals surface area contributed by atoms with Gasteiger partial charge in [-0.25, -0.2) is 9.59 Å². The molecule has 1 rings (SSSR count). The maximum atomic E-state index is 10.8. The van der Waals surface area contributed by atoms with Crippen molar-refractivity contribution in [3.63, 3.8) is 0 Å². The lowest BCUT2D eigenvalue weighted by atomic mass is 10.0. The summed E-state index contributed by atoms with van der Waals surface area (Å²) in [5.74, 6) is -2.55. The van der Waals surface area contributed by atoms with Crippen LogP contribution in [0.2, 0.25) is 0 Å². The zero-order chi connectivity index (χ0) is 10.9. The van der Waals surface area contributed by atoms with Crippen molar-refractivity contribution in [3.8, 4) is 0 Å². The van der Waals surface area contributed by atoms with Gasteiger partial charge in [0.25, 0.3) is 0 Å². The fourth-order valence-corrected chi connectivity index (χ4v) is 1.38. The Hall–Kier alpha value is -1.49. The van der Waals surface area contributed by atoms with Crippen molar-refractivity contribution in [2.75, 3.05) is 0 Å². The largest absolute Gasteiger partial charge is 0.478 e. The van der Waals surface area contributed by atoms with E-state index in [1.54, 1.807) is 6.92 Å². The highest BCUT2D eigenvalue weighted by atomic mass is 32.1. The number of carboxylic acids is 2. The molecular formula is C9H8O4S. The molecule has 0 heterocycles. The maximum Gasteiger partial charge on any atom is 0.337 e. The molecule has 0 bridgehead atoms. The standard InChI is InChI=1S/C9H8O4S/c1-4-2-3-5(8(10)11)6(7(4)14)9(12)13/h2-3,14H,1H3,(H,10,11)(H,12,13). The lowest BCUT2D eigenvalue weighted by molar-refractivity contribution is 0.0648. The third-order valence-electron chi connectivity index (χ3n) is 1.82. The van der Waals surface area contributed by atoms with Gasteiger partial charge in [0.2, 0.25) is 0 Å². The third kappa shape index (κ3) is 1.72. The molecule has 4 nitrogen and oxygen atoms in total. The van der Waals surface area contributed by atoms with E-state index in [4.69, 9.17) is 10.2 Å². The fourth-order valence-electron chi connectivity index (χ4n) is 1.09. The Labute approximate surface area is 85.6 Å². The molecule has 0 spiro atoms. The first-order chi connectivity index (χ1) is 6.45. The molecular weight excluding hydrogens is 204 g/mol. The minimum atomic E-state index is -1.28. The van der Waals surface area contributed by atoms with Crippen molar-refractivity contribution in [2.45, 2.75) is 11.8 Å². The van der Waals surface area contributed by atoms with Crippen LogP contribution in [0.3, 0.4) is 0 Å². The second kappa shape index (κ2) is 3.71. The molecule has 0 aliphatic rings. The van der Waals surface area contributed by atoms with E-state index >= 15 is 0 Å². The van der Waals surface area contributed by atoms with Gasteiger partial charge in [0, 0.05) is 4.90 Å². The van der Waals surface area contributed by atoms with E-state index < -0.39 is 11.9 Å². The Kier molecular flexibility index (Phi) is 2.81. The second-order valence-corrected chi connectivity index (χ2v) is 3.21. The summed E-state index contributed by atoms with van der Waals surface area (Å²) in [6.45, 7) is 1.67. The molecule has 0 saturated heterocycles. The molecule has 5 heteroatoms. The van der Waals surface area contributed by atoms with Crippen molar-refractivity contribution in [2.24, 2.45) is 0 Å². The van der Waals surface area contributed by atoms with Crippen molar-refractivity contribution < 1.29 is 19.8 Å². The van der Waals surface area contributed by atoms with Crippen LogP contribution in [0.15, 0.2) is 17.0 Å². The summed E-state index contributed by atoms with van der Waals surface area (Å²) in [5.41, 5.74) is 0.129. The van der Waals surface area contributed by atoms with E-state index in [9.17, 15) is 9.59 Å². The molecule has 2 N–H and O–H groups in total. The monoisotopic (exact) mass is 212 g/mol. The van der Waals surface area contributed by atoms with Crippen LogP contribution in [0.5, 0.6) is 0 Å². The van der Waals surface area contributed by atoms with E-state index in [1.807, 2.05) is 0 Å². The Morgan fingerprint density at radius 2 is 1.79 bits per heavy atom. The Balaban J connectivity index is 3.53. The van der Waals surface area contributed by atoms with Gasteiger partial charge in [0.15, 0.2) is 0 Å². The molecule has 74 valence electrons. The molecule has 0 aliphatic carbocycles. The summed E-state index contributed by atoms with van der Waals surface area (Å²) < 4.78 is 0. The van der Waals surface area contributed by atoms with Crippen LogP contribution < -0.4 is 0 Å². The summed E-state index contributed by atoms with van der Waals surface area (Å²) in [6.07, 6.45) is 0. The summed E-state index contributed by atoms with van der Waals surface area (Å²) >= 11 is 3.97. The third-order valence-corrected chi connectivity index (χ3v) is 2.40. The highest BCUT2D eigenvalue weighted by Gasteiger charge is 2.19. The van der Waals surface area contributed by atoms with Crippen LogP contribution in [-0.2, 0) is 0 Å². The van der Waals surface area contributed by atoms with Gasteiger partial charge in [-0.1, -0.05) is 6.07 Å². The summed E-state index contributed by atoms with van der Waals surface area (Å²) in [4.78, 5) is 21.7. The van der Waals surface area contributed by atoms with Crippen LogP contribution in [0, 0.1) is 6.92 Å². The Bertz CT molecular complexity index is 412. The first-order valence-corrected chi connectivity index (χ1v) is 4.19. The summed E-state index contributed by atoms with van der Waals surface area (Å²) in [7, 11) is 0. The number of aromatic carboxylic acids is 2. The number of hydrogen-bond acceptors (Lipinski definition) is 3. The maximum absolute atomic E-state index is 10.8. The predicted molar refractivity (Wildman–Crippen MR) is 52.3 cm³/mol. The van der Waals surface area contributed by atoms with E-state index in [0.29, 0.717) is 5.56 Å². The van der Waals surface area contributed by atoms with E-state index in [2.05, 4.69) is 12.6 Å². The zero-order valence-electron chi connectivity index (χ0n) is 7.31. The summed E-state index contributed by atoms with van der Waals surface area (Å²) in [5, 5.41) is 17.5. The Morgan fingerprint density at radius 1 is 1.21 bits per heavy atom. The number of thiol groups is 1. The molecule has 0 amide bonds. The van der Waals surface area contributed by atoms with E-state index in [1.165, 1.54) is 12.1 Å². The molecule has 14 heavy (non-hydrogen) atoms. The van der Waals surface area contributed by atoms with Gasteiger partial charge < -0.3 is 10.2 Å². The average molecular weight is 212 g/mol. The van der Waals surface area contributed by atoms with Crippen molar-refractivity contribution in [3.05, 3.63) is 28.8 Å². The molecule has 0 fully saturated rings. The highest BCUT2D eigenvalue weighted by molar-refractivity contribution is 7.80. The van der Waals surface area contributed by atoms with Crippen LogP contribution in [0.4, 0.5) is 0 Å². The van der Waals surface area contributed by atoms with Crippen molar-refractivity contribution in [1.29, 1.82) is 0 Å². The molecule has 0 unspecified atom stereocenters. The van der Waals surface area contributed by atoms with Gasteiger partial charge in [0.05, 0.1) is 11.1 Å². The number of aryl methyl sites for hydroxylation is 1. The van der Waals surface area contributed by atoms with Gasteiger partial charge >= 0.3 is 11.9 Å². The average Bonchev–Trinajstić information content (AvgIpc) is 2.08. The smallest absolute Gasteiger partial charge is 0.337 e. The van der Waals surface area contributed by atoms with Gasteiger partial charge in [0.1, 0.15) is 0 Å². The molecule has 0 aromatic heterocycles. The Morgan fingerprint density at radius 3 is 2.21 bits per heavy atom.